The van der Waals surface area contributed by atoms with E-state index in [4.69, 9.17) is 4.74 Å². The van der Waals surface area contributed by atoms with E-state index in [1.54, 1.807) is 0 Å². The van der Waals surface area contributed by atoms with Crippen LogP contribution in [0.15, 0.2) is 23.8 Å². The number of carbonyl (C=O) groups is 2. The fourth-order valence-corrected chi connectivity index (χ4v) is 8.91. The molecule has 0 saturated heterocycles. The Hall–Kier alpha value is -1.66. The van der Waals surface area contributed by atoms with Gasteiger partial charge in [-0.2, -0.15) is 0 Å². The Bertz CT molecular complexity index is 922. The molecule has 36 heavy (non-hydrogen) atoms. The number of aliphatic carboxylic acids is 1. The van der Waals surface area contributed by atoms with E-state index in [9.17, 15) is 24.9 Å². The van der Waals surface area contributed by atoms with Crippen LogP contribution in [0.4, 0.5) is 0 Å². The summed E-state index contributed by atoms with van der Waals surface area (Å²) in [5, 5.41) is 33.8. The Kier molecular flexibility index (Phi) is 7.53. The number of esters is 1. The van der Waals surface area contributed by atoms with Crippen molar-refractivity contribution in [2.24, 2.45) is 46.3 Å². The molecule has 10 unspecified atom stereocenters. The van der Waals surface area contributed by atoms with Gasteiger partial charge in [0.2, 0.25) is 0 Å². The van der Waals surface area contributed by atoms with Gasteiger partial charge in [0.1, 0.15) is 6.10 Å². The second kappa shape index (κ2) is 9.90. The molecule has 0 bridgehead atoms. The molecule has 4 aliphatic carbocycles. The summed E-state index contributed by atoms with van der Waals surface area (Å²) in [4.78, 5) is 24.6. The Morgan fingerprint density at radius 2 is 1.92 bits per heavy atom. The predicted octanol–water partition coefficient (Wildman–Crippen LogP) is 5.13. The highest BCUT2D eigenvalue weighted by Crippen LogP contribution is 2.67. The lowest BCUT2D eigenvalue weighted by Crippen LogP contribution is -2.62. The maximum atomic E-state index is 13.1. The maximum Gasteiger partial charge on any atom is 0.310 e. The number of aliphatic hydroxyl groups is 2. The molecule has 6 heteroatoms. The lowest BCUT2D eigenvalue weighted by molar-refractivity contribution is -0.189. The van der Waals surface area contributed by atoms with Crippen molar-refractivity contribution in [3.8, 4) is 0 Å². The molecule has 3 fully saturated rings. The van der Waals surface area contributed by atoms with Crippen molar-refractivity contribution >= 4 is 11.9 Å². The largest absolute Gasteiger partial charge is 0.481 e. The SMILES string of the molecule is C=C(CCC(C)C1CCC2C3CC=C4CC(OC(C)=O)CC(O)C4(C)C3C(O)CC12C(=O)O)C(C)C. The van der Waals surface area contributed by atoms with Crippen LogP contribution in [0.25, 0.3) is 0 Å². The Labute approximate surface area is 216 Å². The fraction of sp³-hybridized carbons (Fsp3) is 0.800. The molecule has 0 aromatic rings. The minimum Gasteiger partial charge on any atom is -0.481 e. The number of carboxylic acids is 1. The second-order valence-corrected chi connectivity index (χ2v) is 12.9. The zero-order valence-electron chi connectivity index (χ0n) is 22.7. The maximum absolute atomic E-state index is 13.1. The van der Waals surface area contributed by atoms with Gasteiger partial charge in [-0.05, 0) is 74.0 Å². The highest BCUT2D eigenvalue weighted by atomic mass is 16.5. The van der Waals surface area contributed by atoms with Gasteiger partial charge in [-0.15, -0.1) is 0 Å². The highest BCUT2D eigenvalue weighted by molar-refractivity contribution is 5.76. The molecule has 0 spiro atoms. The molecule has 3 saturated carbocycles. The van der Waals surface area contributed by atoms with Crippen LogP contribution in [-0.4, -0.2) is 45.6 Å². The van der Waals surface area contributed by atoms with Crippen molar-refractivity contribution < 1.29 is 29.6 Å². The first-order valence-corrected chi connectivity index (χ1v) is 14.0. The van der Waals surface area contributed by atoms with Gasteiger partial charge in [-0.1, -0.05) is 51.5 Å². The van der Waals surface area contributed by atoms with Gasteiger partial charge in [0.15, 0.2) is 0 Å². The number of hydrogen-bond donors (Lipinski definition) is 3. The average Bonchev–Trinajstić information content (AvgIpc) is 3.18. The van der Waals surface area contributed by atoms with Gasteiger partial charge in [0.05, 0.1) is 17.6 Å². The van der Waals surface area contributed by atoms with Crippen LogP contribution in [0.3, 0.4) is 0 Å². The van der Waals surface area contributed by atoms with E-state index >= 15 is 0 Å². The molecule has 10 atom stereocenters. The first-order valence-electron chi connectivity index (χ1n) is 14.0. The third kappa shape index (κ3) is 4.26. The van der Waals surface area contributed by atoms with Crippen LogP contribution in [0.2, 0.25) is 0 Å². The molecule has 0 aliphatic heterocycles. The first kappa shape index (κ1) is 27.4. The molecule has 6 nitrogen and oxygen atoms in total. The minimum atomic E-state index is -0.930. The summed E-state index contributed by atoms with van der Waals surface area (Å²) in [6.45, 7) is 14.1. The normalized spacial score (nSPS) is 42.6. The van der Waals surface area contributed by atoms with E-state index in [0.29, 0.717) is 25.2 Å². The number of carbonyl (C=O) groups excluding carboxylic acids is 1. The molecule has 4 rings (SSSR count). The summed E-state index contributed by atoms with van der Waals surface area (Å²) in [6, 6.07) is 0. The molecule has 0 heterocycles. The summed E-state index contributed by atoms with van der Waals surface area (Å²) in [6.07, 6.45) is 5.67. The van der Waals surface area contributed by atoms with Crippen molar-refractivity contribution in [2.45, 2.75) is 104 Å². The van der Waals surface area contributed by atoms with Gasteiger partial charge in [-0.3, -0.25) is 9.59 Å². The third-order valence-corrected chi connectivity index (χ3v) is 10.9. The lowest BCUT2D eigenvalue weighted by Gasteiger charge is -2.60. The van der Waals surface area contributed by atoms with E-state index in [1.165, 1.54) is 12.5 Å². The van der Waals surface area contributed by atoms with E-state index in [2.05, 4.69) is 33.4 Å². The van der Waals surface area contributed by atoms with Gasteiger partial charge in [0.25, 0.3) is 0 Å². The number of hydrogen-bond acceptors (Lipinski definition) is 5. The lowest BCUT2D eigenvalue weighted by atomic mass is 9.45. The number of allylic oxidation sites excluding steroid dienone is 2. The summed E-state index contributed by atoms with van der Waals surface area (Å²) >= 11 is 0. The van der Waals surface area contributed by atoms with Crippen LogP contribution in [0.5, 0.6) is 0 Å². The van der Waals surface area contributed by atoms with E-state index in [-0.39, 0.29) is 48.1 Å². The molecule has 3 N–H and O–H groups in total. The highest BCUT2D eigenvalue weighted by Gasteiger charge is 2.68. The van der Waals surface area contributed by atoms with E-state index < -0.39 is 29.0 Å². The number of ether oxygens (including phenoxy) is 1. The fourth-order valence-electron chi connectivity index (χ4n) is 8.91. The summed E-state index contributed by atoms with van der Waals surface area (Å²) in [7, 11) is 0. The van der Waals surface area contributed by atoms with Crippen molar-refractivity contribution in [1.82, 2.24) is 0 Å². The number of carboxylic acid groups (broad SMARTS) is 1. The molecular formula is C30H46O6. The van der Waals surface area contributed by atoms with Crippen molar-refractivity contribution in [3.05, 3.63) is 23.8 Å². The third-order valence-electron chi connectivity index (χ3n) is 10.9. The molecule has 0 amide bonds. The summed E-state index contributed by atoms with van der Waals surface area (Å²) in [5.41, 5.74) is 0.690. The van der Waals surface area contributed by atoms with Crippen LogP contribution in [0, 0.1) is 46.3 Å². The standard InChI is InChI=1S/C30H46O6/c1-16(2)17(3)7-8-18(4)23-11-12-24-22-10-9-20-13-21(36-19(5)31)14-26(33)29(20,6)27(22)25(32)15-30(23,24)28(34)35/h9,16,18,21-27,32-33H,3,7-8,10-15H2,1-2,4-6H3,(H,34,35). The molecule has 0 aromatic heterocycles. The molecule has 0 aromatic carbocycles. The van der Waals surface area contributed by atoms with Crippen LogP contribution >= 0.6 is 0 Å². The average molecular weight is 503 g/mol. The molecule has 0 radical (unpaired) electrons. The van der Waals surface area contributed by atoms with Crippen molar-refractivity contribution in [2.75, 3.05) is 0 Å². The quantitative estimate of drug-likeness (QED) is 0.329. The zero-order valence-corrected chi connectivity index (χ0v) is 22.7. The monoisotopic (exact) mass is 502 g/mol. The summed E-state index contributed by atoms with van der Waals surface area (Å²) in [5.74, 6) is -0.626. The molecule has 4 aliphatic rings. The Morgan fingerprint density at radius 3 is 2.53 bits per heavy atom. The van der Waals surface area contributed by atoms with Crippen LogP contribution < -0.4 is 0 Å². The van der Waals surface area contributed by atoms with E-state index in [0.717, 1.165) is 31.3 Å². The molecule has 202 valence electrons. The van der Waals surface area contributed by atoms with Gasteiger partial charge >= 0.3 is 11.9 Å². The van der Waals surface area contributed by atoms with Gasteiger partial charge in [-0.25, -0.2) is 0 Å². The second-order valence-electron chi connectivity index (χ2n) is 12.9. The minimum absolute atomic E-state index is 0.0151. The zero-order chi connectivity index (χ0) is 26.6. The number of fused-ring (bicyclic) bond motifs is 5. The Balaban J connectivity index is 1.63. The summed E-state index contributed by atoms with van der Waals surface area (Å²) < 4.78 is 5.44. The van der Waals surface area contributed by atoms with Gasteiger partial charge < -0.3 is 20.1 Å². The topological polar surface area (TPSA) is 104 Å². The van der Waals surface area contributed by atoms with Gasteiger partial charge in [0, 0.05) is 25.2 Å². The predicted molar refractivity (Wildman–Crippen MR) is 138 cm³/mol. The Morgan fingerprint density at radius 1 is 1.22 bits per heavy atom. The molecular weight excluding hydrogens is 456 g/mol. The van der Waals surface area contributed by atoms with Crippen molar-refractivity contribution in [3.63, 3.8) is 0 Å². The van der Waals surface area contributed by atoms with Crippen molar-refractivity contribution in [1.29, 1.82) is 0 Å². The van der Waals surface area contributed by atoms with Crippen LogP contribution in [0.1, 0.15) is 86.0 Å². The number of aliphatic hydroxyl groups excluding tert-OH is 2. The number of rotatable bonds is 7. The first-order chi connectivity index (χ1) is 16.8. The van der Waals surface area contributed by atoms with E-state index in [1.807, 2.05) is 6.92 Å². The van der Waals surface area contributed by atoms with Crippen LogP contribution in [-0.2, 0) is 14.3 Å². The smallest absolute Gasteiger partial charge is 0.310 e.